The molecule has 0 heterocycles. The fourth-order valence-electron chi connectivity index (χ4n) is 2.51. The van der Waals surface area contributed by atoms with E-state index in [1.165, 1.54) is 0 Å². The molecule has 4 N–H and O–H groups in total. The summed E-state index contributed by atoms with van der Waals surface area (Å²) in [7, 11) is 0. The van der Waals surface area contributed by atoms with Crippen molar-refractivity contribution in [2.75, 3.05) is 26.4 Å². The Hall–Kier alpha value is -2.20. The van der Waals surface area contributed by atoms with Crippen LogP contribution in [-0.2, 0) is 30.4 Å². The molecule has 0 bridgehead atoms. The van der Waals surface area contributed by atoms with Crippen molar-refractivity contribution in [3.8, 4) is 5.75 Å². The number of benzene rings is 1. The Bertz CT molecular complexity index is 647. The molecule has 0 saturated carbocycles. The van der Waals surface area contributed by atoms with Gasteiger partial charge in [-0.2, -0.15) is 0 Å². The summed E-state index contributed by atoms with van der Waals surface area (Å²) >= 11 is 0. The number of rotatable bonds is 17. The van der Waals surface area contributed by atoms with Gasteiger partial charge in [0, 0.05) is 17.4 Å². The van der Waals surface area contributed by atoms with E-state index in [4.69, 9.17) is 29.2 Å². The Labute approximate surface area is 183 Å². The van der Waals surface area contributed by atoms with Gasteiger partial charge in [0.25, 0.3) is 0 Å². The Morgan fingerprint density at radius 2 is 1.77 bits per heavy atom. The number of hydrogen-bond acceptors (Lipinski definition) is 7. The van der Waals surface area contributed by atoms with E-state index in [0.717, 1.165) is 5.56 Å². The van der Waals surface area contributed by atoms with Crippen molar-refractivity contribution in [3.05, 3.63) is 29.8 Å². The summed E-state index contributed by atoms with van der Waals surface area (Å²) in [5.41, 5.74) is 0.993. The molecule has 1 aromatic carbocycles. The molecule has 0 fully saturated rings. The first-order valence-electron chi connectivity index (χ1n) is 10.4. The summed E-state index contributed by atoms with van der Waals surface area (Å²) in [5.74, 6) is -1.66. The van der Waals surface area contributed by atoms with E-state index in [1.807, 2.05) is 39.8 Å². The summed E-state index contributed by atoms with van der Waals surface area (Å²) in [4.78, 5) is 22.4. The molecule has 9 nitrogen and oxygen atoms in total. The highest BCUT2D eigenvalue weighted by atomic mass is 16.6. The van der Waals surface area contributed by atoms with Gasteiger partial charge in [-0.25, -0.2) is 0 Å². The van der Waals surface area contributed by atoms with Crippen LogP contribution >= 0.6 is 0 Å². The standard InChI is InChI=1S/C22H35NO8/c1-15(2)23-12-19(31-20(22(26)27)11-21(24)25)14-30-18-7-5-17(6-8-18)13-28-9-10-29-16(3)4/h5-8,15-16,19-20,23H,9-14H2,1-4H3,(H,24,25)(H,26,27)/p+1. The second-order valence-corrected chi connectivity index (χ2v) is 7.70. The molecule has 0 spiro atoms. The molecule has 0 saturated heterocycles. The minimum atomic E-state index is -1.33. The third kappa shape index (κ3) is 13.0. The lowest BCUT2D eigenvalue weighted by Gasteiger charge is -2.22. The monoisotopic (exact) mass is 442 g/mol. The molecule has 0 radical (unpaired) electrons. The van der Waals surface area contributed by atoms with Crippen molar-refractivity contribution in [3.63, 3.8) is 0 Å². The van der Waals surface area contributed by atoms with E-state index in [1.54, 1.807) is 12.1 Å². The average Bonchev–Trinajstić information content (AvgIpc) is 2.69. The lowest BCUT2D eigenvalue weighted by molar-refractivity contribution is -0.161. The molecule has 31 heavy (non-hydrogen) atoms. The predicted octanol–water partition coefficient (Wildman–Crippen LogP) is 1.48. The van der Waals surface area contributed by atoms with Gasteiger partial charge in [0.2, 0.25) is 6.10 Å². The topological polar surface area (TPSA) is 126 Å². The number of carbonyl (C=O) groups excluding carboxylic acids is 1. The van der Waals surface area contributed by atoms with Crippen molar-refractivity contribution in [1.29, 1.82) is 0 Å². The molecule has 9 heteroatoms. The molecule has 0 aromatic heterocycles. The van der Waals surface area contributed by atoms with Crippen molar-refractivity contribution in [2.45, 2.75) is 65.1 Å². The molecule has 2 unspecified atom stereocenters. The van der Waals surface area contributed by atoms with Gasteiger partial charge in [0.15, 0.2) is 0 Å². The van der Waals surface area contributed by atoms with Crippen LogP contribution in [0.2, 0.25) is 0 Å². The van der Waals surface area contributed by atoms with Gasteiger partial charge in [-0.05, 0) is 31.5 Å². The average molecular weight is 443 g/mol. The third-order valence-corrected chi connectivity index (χ3v) is 4.07. The zero-order valence-electron chi connectivity index (χ0n) is 18.8. The van der Waals surface area contributed by atoms with Crippen LogP contribution in [0.3, 0.4) is 0 Å². The third-order valence-electron chi connectivity index (χ3n) is 4.07. The molecule has 2 atom stereocenters. The first-order chi connectivity index (χ1) is 14.7. The quantitative estimate of drug-likeness (QED) is 0.274. The minimum Gasteiger partial charge on any atom is -0.563 e. The highest BCUT2D eigenvalue weighted by molar-refractivity contribution is 5.79. The van der Waals surface area contributed by atoms with Gasteiger partial charge in [0.05, 0.1) is 32.3 Å². The first kappa shape index (κ1) is 26.8. The number of hydrogen-bond donors (Lipinski definition) is 2. The fraction of sp³-hybridized carbons (Fsp3) is 0.636. The first-order valence-corrected chi connectivity index (χ1v) is 10.4. The highest BCUT2D eigenvalue weighted by Gasteiger charge is 2.31. The van der Waals surface area contributed by atoms with E-state index in [9.17, 15) is 9.59 Å². The summed E-state index contributed by atoms with van der Waals surface area (Å²) in [6, 6.07) is 7.56. The molecular weight excluding hydrogens is 406 g/mol. The van der Waals surface area contributed by atoms with Crippen LogP contribution in [0.5, 0.6) is 5.75 Å². The minimum absolute atomic E-state index is 0.103. The van der Waals surface area contributed by atoms with Crippen LogP contribution in [0.15, 0.2) is 24.3 Å². The van der Waals surface area contributed by atoms with Crippen molar-refractivity contribution in [2.24, 2.45) is 0 Å². The maximum atomic E-state index is 11.4. The Morgan fingerprint density at radius 3 is 2.32 bits per heavy atom. The molecule has 0 aliphatic carbocycles. The highest BCUT2D eigenvalue weighted by Crippen LogP contribution is 2.14. The SMILES string of the molecule is CC(C)NCC(COc1ccc(COCCOC(C)C)cc1)OC(CC(=O)O)C(=O)[OH2+]. The molecule has 1 rings (SSSR count). The molecule has 0 aliphatic rings. The van der Waals surface area contributed by atoms with Crippen LogP contribution in [0.4, 0.5) is 0 Å². The summed E-state index contributed by atoms with van der Waals surface area (Å²) in [6.07, 6.45) is -2.30. The van der Waals surface area contributed by atoms with E-state index in [2.05, 4.69) is 5.32 Å². The smallest absolute Gasteiger partial charge is 0.545 e. The second kappa shape index (κ2) is 14.7. The largest absolute Gasteiger partial charge is 0.563 e. The Kier molecular flexibility index (Phi) is 12.8. The van der Waals surface area contributed by atoms with Gasteiger partial charge in [-0.3, -0.25) is 4.79 Å². The fourth-order valence-corrected chi connectivity index (χ4v) is 2.51. The molecule has 1 aromatic rings. The molecular formula is C22H36NO8+. The van der Waals surface area contributed by atoms with Gasteiger partial charge < -0.3 is 34.5 Å². The summed E-state index contributed by atoms with van der Waals surface area (Å²) < 4.78 is 22.3. The van der Waals surface area contributed by atoms with E-state index < -0.39 is 30.6 Å². The lowest BCUT2D eigenvalue weighted by atomic mass is 10.2. The van der Waals surface area contributed by atoms with E-state index in [-0.39, 0.29) is 18.8 Å². The van der Waals surface area contributed by atoms with Gasteiger partial charge in [-0.1, -0.05) is 26.0 Å². The van der Waals surface area contributed by atoms with Crippen molar-refractivity contribution < 1.29 is 38.7 Å². The Balaban J connectivity index is 2.56. The maximum absolute atomic E-state index is 11.4. The van der Waals surface area contributed by atoms with Crippen LogP contribution in [0.1, 0.15) is 39.7 Å². The van der Waals surface area contributed by atoms with Crippen LogP contribution in [0, 0.1) is 0 Å². The zero-order valence-corrected chi connectivity index (χ0v) is 18.8. The lowest BCUT2D eigenvalue weighted by Crippen LogP contribution is -2.41. The predicted molar refractivity (Wildman–Crippen MR) is 115 cm³/mol. The summed E-state index contributed by atoms with van der Waals surface area (Å²) in [6.45, 7) is 9.86. The second-order valence-electron chi connectivity index (χ2n) is 7.70. The van der Waals surface area contributed by atoms with Gasteiger partial charge >= 0.3 is 11.9 Å². The number of carbonyl (C=O) groups is 2. The molecule has 0 aliphatic heterocycles. The Morgan fingerprint density at radius 1 is 1.10 bits per heavy atom. The zero-order chi connectivity index (χ0) is 23.2. The number of aliphatic carboxylic acids is 1. The van der Waals surface area contributed by atoms with E-state index in [0.29, 0.717) is 32.1 Å². The van der Waals surface area contributed by atoms with Crippen molar-refractivity contribution in [1.82, 2.24) is 5.32 Å². The van der Waals surface area contributed by atoms with Crippen LogP contribution < -0.4 is 10.1 Å². The normalized spacial score (nSPS) is 13.4. The number of ether oxygens (including phenoxy) is 4. The number of carboxylic acid groups (broad SMARTS) is 1. The van der Waals surface area contributed by atoms with Gasteiger partial charge in [-0.15, -0.1) is 0 Å². The van der Waals surface area contributed by atoms with Gasteiger partial charge in [0.1, 0.15) is 18.5 Å². The van der Waals surface area contributed by atoms with Crippen LogP contribution in [-0.4, -0.2) is 72.9 Å². The molecule has 0 amide bonds. The molecule has 176 valence electrons. The van der Waals surface area contributed by atoms with Crippen LogP contribution in [0.25, 0.3) is 0 Å². The van der Waals surface area contributed by atoms with E-state index >= 15 is 0 Å². The number of nitrogens with one attached hydrogen (secondary N) is 1. The number of carboxylic acids is 1. The van der Waals surface area contributed by atoms with Crippen molar-refractivity contribution >= 4 is 11.9 Å². The maximum Gasteiger partial charge on any atom is 0.545 e. The summed E-state index contributed by atoms with van der Waals surface area (Å²) in [5, 5.41) is 19.4.